The molecule has 0 bridgehead atoms. The number of thiazole rings is 1. The zero-order valence-electron chi connectivity index (χ0n) is 14.6. The SMILES string of the molecule is CCC[C@@H]1CCc2ccccc2N1C(=O)c1csc(-c2ncccn2)n1. The van der Waals surface area contributed by atoms with Gasteiger partial charge in [-0.15, -0.1) is 11.3 Å². The average molecular weight is 364 g/mol. The summed E-state index contributed by atoms with van der Waals surface area (Å²) in [5, 5.41) is 2.49. The third-order valence-electron chi connectivity index (χ3n) is 4.68. The number of hydrogen-bond acceptors (Lipinski definition) is 5. The number of para-hydroxylation sites is 1. The summed E-state index contributed by atoms with van der Waals surface area (Å²) in [5.41, 5.74) is 2.72. The molecule has 0 saturated heterocycles. The maximum Gasteiger partial charge on any atom is 0.278 e. The molecule has 0 spiro atoms. The Morgan fingerprint density at radius 2 is 2.04 bits per heavy atom. The monoisotopic (exact) mass is 364 g/mol. The van der Waals surface area contributed by atoms with E-state index in [4.69, 9.17) is 0 Å². The average Bonchev–Trinajstić information content (AvgIpc) is 3.18. The molecule has 4 rings (SSSR count). The fourth-order valence-corrected chi connectivity index (χ4v) is 4.23. The van der Waals surface area contributed by atoms with Gasteiger partial charge in [-0.3, -0.25) is 4.79 Å². The molecule has 3 aromatic rings. The number of nitrogens with zero attached hydrogens (tertiary/aromatic N) is 4. The molecule has 0 fully saturated rings. The summed E-state index contributed by atoms with van der Waals surface area (Å²) in [4.78, 5) is 28.3. The Balaban J connectivity index is 1.69. The number of carbonyl (C=O) groups is 1. The Hall–Kier alpha value is -2.60. The summed E-state index contributed by atoms with van der Waals surface area (Å²) in [6, 6.07) is 10.2. The molecule has 1 aromatic carbocycles. The Kier molecular flexibility index (Phi) is 4.75. The Morgan fingerprint density at radius 1 is 1.23 bits per heavy atom. The first kappa shape index (κ1) is 16.8. The van der Waals surface area contributed by atoms with Crippen LogP contribution in [-0.2, 0) is 6.42 Å². The van der Waals surface area contributed by atoms with Crippen molar-refractivity contribution in [3.8, 4) is 10.8 Å². The highest BCUT2D eigenvalue weighted by atomic mass is 32.1. The van der Waals surface area contributed by atoms with Gasteiger partial charge in [-0.1, -0.05) is 31.5 Å². The normalized spacial score (nSPS) is 16.3. The molecule has 5 nitrogen and oxygen atoms in total. The van der Waals surface area contributed by atoms with Gasteiger partial charge >= 0.3 is 0 Å². The number of rotatable bonds is 4. The van der Waals surface area contributed by atoms with Crippen LogP contribution >= 0.6 is 11.3 Å². The van der Waals surface area contributed by atoms with Crippen molar-refractivity contribution in [3.63, 3.8) is 0 Å². The van der Waals surface area contributed by atoms with E-state index in [0.717, 1.165) is 31.4 Å². The number of benzene rings is 1. The maximum atomic E-state index is 13.3. The van der Waals surface area contributed by atoms with Crippen LogP contribution in [0.15, 0.2) is 48.1 Å². The number of hydrogen-bond donors (Lipinski definition) is 0. The molecule has 0 unspecified atom stereocenters. The van der Waals surface area contributed by atoms with Gasteiger partial charge in [0.05, 0.1) is 0 Å². The zero-order valence-corrected chi connectivity index (χ0v) is 15.4. The van der Waals surface area contributed by atoms with Crippen molar-refractivity contribution >= 4 is 22.9 Å². The fraction of sp³-hybridized carbons (Fsp3) is 0.300. The van der Waals surface area contributed by atoms with Crippen LogP contribution in [0, 0.1) is 0 Å². The zero-order chi connectivity index (χ0) is 17.9. The number of amides is 1. The van der Waals surface area contributed by atoms with Crippen LogP contribution < -0.4 is 4.90 Å². The highest BCUT2D eigenvalue weighted by Gasteiger charge is 2.32. The van der Waals surface area contributed by atoms with E-state index in [-0.39, 0.29) is 11.9 Å². The summed E-state index contributed by atoms with van der Waals surface area (Å²) in [7, 11) is 0. The molecule has 0 N–H and O–H groups in total. The van der Waals surface area contributed by atoms with Gasteiger partial charge in [-0.2, -0.15) is 0 Å². The van der Waals surface area contributed by atoms with Crippen molar-refractivity contribution in [2.45, 2.75) is 38.6 Å². The molecule has 0 radical (unpaired) electrons. The maximum absolute atomic E-state index is 13.3. The summed E-state index contributed by atoms with van der Waals surface area (Å²) >= 11 is 1.41. The fourth-order valence-electron chi connectivity index (χ4n) is 3.49. The van der Waals surface area contributed by atoms with Crippen molar-refractivity contribution in [1.29, 1.82) is 0 Å². The molecule has 6 heteroatoms. The largest absolute Gasteiger partial charge is 0.304 e. The van der Waals surface area contributed by atoms with E-state index in [0.29, 0.717) is 16.5 Å². The summed E-state index contributed by atoms with van der Waals surface area (Å²) < 4.78 is 0. The van der Waals surface area contributed by atoms with Crippen LogP contribution in [-0.4, -0.2) is 26.9 Å². The Bertz CT molecular complexity index is 909. The lowest BCUT2D eigenvalue weighted by Crippen LogP contribution is -2.44. The van der Waals surface area contributed by atoms with Crippen molar-refractivity contribution < 1.29 is 4.79 Å². The summed E-state index contributed by atoms with van der Waals surface area (Å²) in [6.45, 7) is 2.16. The van der Waals surface area contributed by atoms with E-state index >= 15 is 0 Å². The van der Waals surface area contributed by atoms with Crippen molar-refractivity contribution in [2.24, 2.45) is 0 Å². The van der Waals surface area contributed by atoms with Gasteiger partial charge in [0, 0.05) is 29.5 Å². The lowest BCUT2D eigenvalue weighted by molar-refractivity contribution is 0.0967. The third kappa shape index (κ3) is 3.12. The number of carbonyl (C=O) groups excluding carboxylic acids is 1. The van der Waals surface area contributed by atoms with E-state index in [1.807, 2.05) is 28.5 Å². The molecule has 1 atom stereocenters. The second-order valence-electron chi connectivity index (χ2n) is 6.40. The highest BCUT2D eigenvalue weighted by molar-refractivity contribution is 7.13. The molecule has 26 heavy (non-hydrogen) atoms. The van der Waals surface area contributed by atoms with Gasteiger partial charge in [0.1, 0.15) is 5.69 Å². The smallest absolute Gasteiger partial charge is 0.278 e. The summed E-state index contributed by atoms with van der Waals surface area (Å²) in [5.74, 6) is 0.523. The first-order chi connectivity index (χ1) is 12.8. The van der Waals surface area contributed by atoms with Gasteiger partial charge < -0.3 is 4.90 Å². The molecule has 132 valence electrons. The molecule has 1 aliphatic heterocycles. The number of fused-ring (bicyclic) bond motifs is 1. The molecule has 1 amide bonds. The third-order valence-corrected chi connectivity index (χ3v) is 5.52. The molecular weight excluding hydrogens is 344 g/mol. The molecular formula is C20H20N4OS. The first-order valence-electron chi connectivity index (χ1n) is 8.92. The predicted molar refractivity (Wildman–Crippen MR) is 103 cm³/mol. The standard InChI is InChI=1S/C20H20N4OS/c1-2-6-15-10-9-14-7-3-4-8-17(14)24(15)20(25)16-13-26-19(23-16)18-21-11-5-12-22-18/h3-5,7-8,11-13,15H,2,6,9-10H2,1H3/t15-/m1/s1. The van der Waals surface area contributed by atoms with E-state index in [1.54, 1.807) is 18.5 Å². The molecule has 0 saturated carbocycles. The van der Waals surface area contributed by atoms with E-state index in [2.05, 4.69) is 27.9 Å². The highest BCUT2D eigenvalue weighted by Crippen LogP contribution is 2.34. The van der Waals surface area contributed by atoms with Crippen molar-refractivity contribution in [3.05, 3.63) is 59.4 Å². The van der Waals surface area contributed by atoms with Crippen molar-refractivity contribution in [2.75, 3.05) is 4.90 Å². The number of aromatic nitrogens is 3. The van der Waals surface area contributed by atoms with E-state index < -0.39 is 0 Å². The molecule has 0 aliphatic carbocycles. The molecule has 1 aliphatic rings. The van der Waals surface area contributed by atoms with E-state index in [1.165, 1.54) is 16.9 Å². The van der Waals surface area contributed by atoms with Gasteiger partial charge in [0.25, 0.3) is 5.91 Å². The van der Waals surface area contributed by atoms with Crippen LogP contribution in [0.5, 0.6) is 0 Å². The minimum Gasteiger partial charge on any atom is -0.304 e. The van der Waals surface area contributed by atoms with Crippen LogP contribution in [0.25, 0.3) is 10.8 Å². The number of anilines is 1. The Labute approximate surface area is 156 Å². The van der Waals surface area contributed by atoms with Crippen LogP contribution in [0.4, 0.5) is 5.69 Å². The second kappa shape index (κ2) is 7.33. The molecule has 3 heterocycles. The van der Waals surface area contributed by atoms with Gasteiger partial charge in [-0.25, -0.2) is 15.0 Å². The lowest BCUT2D eigenvalue weighted by Gasteiger charge is -2.37. The van der Waals surface area contributed by atoms with Gasteiger partial charge in [0.15, 0.2) is 10.8 Å². The Morgan fingerprint density at radius 3 is 2.85 bits per heavy atom. The lowest BCUT2D eigenvalue weighted by atomic mass is 9.93. The minimum absolute atomic E-state index is 0.0333. The predicted octanol–water partition coefficient (Wildman–Crippen LogP) is 4.36. The van der Waals surface area contributed by atoms with E-state index in [9.17, 15) is 4.79 Å². The quantitative estimate of drug-likeness (QED) is 0.690. The second-order valence-corrected chi connectivity index (χ2v) is 7.25. The van der Waals surface area contributed by atoms with Crippen LogP contribution in [0.3, 0.4) is 0 Å². The first-order valence-corrected chi connectivity index (χ1v) is 9.80. The minimum atomic E-state index is -0.0333. The van der Waals surface area contributed by atoms with Crippen LogP contribution in [0.2, 0.25) is 0 Å². The van der Waals surface area contributed by atoms with Crippen molar-refractivity contribution in [1.82, 2.24) is 15.0 Å². The number of aryl methyl sites for hydroxylation is 1. The van der Waals surface area contributed by atoms with Gasteiger partial charge in [-0.05, 0) is 37.0 Å². The summed E-state index contributed by atoms with van der Waals surface area (Å²) in [6.07, 6.45) is 7.43. The molecule has 2 aromatic heterocycles. The van der Waals surface area contributed by atoms with Gasteiger partial charge in [0.2, 0.25) is 0 Å². The van der Waals surface area contributed by atoms with Crippen LogP contribution in [0.1, 0.15) is 42.2 Å². The topological polar surface area (TPSA) is 59.0 Å².